The van der Waals surface area contributed by atoms with Crippen LogP contribution in [0.25, 0.3) is 0 Å². The molecule has 0 heterocycles. The van der Waals surface area contributed by atoms with E-state index in [0.29, 0.717) is 17.4 Å². The van der Waals surface area contributed by atoms with Crippen LogP contribution >= 0.6 is 0 Å². The van der Waals surface area contributed by atoms with Crippen molar-refractivity contribution in [2.45, 2.75) is 386 Å². The highest BCUT2D eigenvalue weighted by atomic mass is 16.7. The van der Waals surface area contributed by atoms with Crippen LogP contribution in [0, 0.1) is 0 Å². The van der Waals surface area contributed by atoms with E-state index in [1.165, 1.54) is 308 Å². The Labute approximate surface area is 492 Å². The van der Waals surface area contributed by atoms with Crippen molar-refractivity contribution in [1.82, 2.24) is 0 Å². The zero-order valence-corrected chi connectivity index (χ0v) is 53.8. The molecule has 0 aromatic heterocycles. The monoisotopic (exact) mass is 1120 g/mol. The van der Waals surface area contributed by atoms with E-state index in [0.717, 1.165) is 38.5 Å². The number of carbonyl (C=O) groups is 3. The topological polar surface area (TPSA) is 111 Å². The molecule has 0 saturated carbocycles. The van der Waals surface area contributed by atoms with Crippen LogP contribution in [0.5, 0.6) is 0 Å². The Balaban J connectivity index is 4.01. The van der Waals surface area contributed by atoms with E-state index >= 15 is 0 Å². The Bertz CT molecular complexity index is 1260. The van der Waals surface area contributed by atoms with Crippen molar-refractivity contribution in [3.63, 3.8) is 0 Å². The Morgan fingerprint density at radius 3 is 0.810 bits per heavy atom. The maximum Gasteiger partial charge on any atom is 0.306 e. The first-order valence-corrected chi connectivity index (χ1v) is 35.2. The smallest absolute Gasteiger partial charge is 0.306 e. The molecule has 79 heavy (non-hydrogen) atoms. The molecular formula is C70H137NO8. The maximum absolute atomic E-state index is 12.9. The van der Waals surface area contributed by atoms with Crippen LogP contribution < -0.4 is 5.11 Å². The third-order valence-corrected chi connectivity index (χ3v) is 16.4. The summed E-state index contributed by atoms with van der Waals surface area (Å²) in [5.41, 5.74) is 0. The van der Waals surface area contributed by atoms with Gasteiger partial charge in [0.15, 0.2) is 12.4 Å². The molecule has 0 aliphatic carbocycles. The van der Waals surface area contributed by atoms with E-state index in [1.807, 2.05) is 21.1 Å². The summed E-state index contributed by atoms with van der Waals surface area (Å²) in [6, 6.07) is 0. The molecule has 0 fully saturated rings. The van der Waals surface area contributed by atoms with E-state index in [2.05, 4.69) is 13.8 Å². The van der Waals surface area contributed by atoms with Gasteiger partial charge in [0.25, 0.3) is 0 Å². The van der Waals surface area contributed by atoms with Crippen molar-refractivity contribution in [3.8, 4) is 0 Å². The molecule has 9 heteroatoms. The van der Waals surface area contributed by atoms with E-state index in [4.69, 9.17) is 18.9 Å². The maximum atomic E-state index is 12.9. The van der Waals surface area contributed by atoms with Crippen LogP contribution in [0.2, 0.25) is 0 Å². The van der Waals surface area contributed by atoms with Crippen LogP contribution in [0.3, 0.4) is 0 Å². The van der Waals surface area contributed by atoms with Crippen molar-refractivity contribution < 1.29 is 42.9 Å². The average Bonchev–Trinajstić information content (AvgIpc) is 3.42. The summed E-state index contributed by atoms with van der Waals surface area (Å²) in [6.45, 7) is 4.84. The van der Waals surface area contributed by atoms with Crippen LogP contribution in [-0.4, -0.2) is 82.3 Å². The molecular weight excluding hydrogens is 983 g/mol. The fraction of sp³-hybridized carbons (Fsp3) is 0.957. The van der Waals surface area contributed by atoms with Crippen LogP contribution in [0.15, 0.2) is 0 Å². The number of likely N-dealkylation sites (N-methyl/N-ethyl adjacent to an activating group) is 1. The highest BCUT2D eigenvalue weighted by Gasteiger charge is 2.22. The van der Waals surface area contributed by atoms with Gasteiger partial charge in [-0.2, -0.15) is 0 Å². The number of carboxylic acid groups (broad SMARTS) is 1. The van der Waals surface area contributed by atoms with Gasteiger partial charge in [0.05, 0.1) is 40.3 Å². The number of unbranched alkanes of at least 4 members (excludes halogenated alkanes) is 52. The van der Waals surface area contributed by atoms with Crippen molar-refractivity contribution >= 4 is 17.9 Å². The van der Waals surface area contributed by atoms with Crippen LogP contribution in [0.4, 0.5) is 0 Å². The zero-order valence-electron chi connectivity index (χ0n) is 53.8. The number of quaternary nitrogens is 1. The van der Waals surface area contributed by atoms with Crippen molar-refractivity contribution in [2.24, 2.45) is 0 Å². The van der Waals surface area contributed by atoms with E-state index in [-0.39, 0.29) is 32.2 Å². The Hall–Kier alpha value is -1.71. The molecule has 2 unspecified atom stereocenters. The molecule has 0 N–H and O–H groups in total. The van der Waals surface area contributed by atoms with Gasteiger partial charge in [-0.3, -0.25) is 9.59 Å². The second-order valence-corrected chi connectivity index (χ2v) is 25.5. The molecule has 0 aliphatic rings. The fourth-order valence-electron chi connectivity index (χ4n) is 11.0. The molecule has 0 radical (unpaired) electrons. The minimum Gasteiger partial charge on any atom is -0.545 e. The first-order valence-electron chi connectivity index (χ1n) is 35.2. The number of aliphatic carboxylic acids is 1. The Morgan fingerprint density at radius 2 is 0.570 bits per heavy atom. The van der Waals surface area contributed by atoms with E-state index in [1.54, 1.807) is 0 Å². The van der Waals surface area contributed by atoms with Gasteiger partial charge in [-0.15, -0.1) is 0 Å². The Morgan fingerprint density at radius 1 is 0.329 bits per heavy atom. The van der Waals surface area contributed by atoms with Gasteiger partial charge in [0, 0.05) is 12.8 Å². The predicted molar refractivity (Wildman–Crippen MR) is 334 cm³/mol. The second-order valence-electron chi connectivity index (χ2n) is 25.5. The number of esters is 2. The molecule has 0 amide bonds. The molecule has 0 rings (SSSR count). The Kier molecular flexibility index (Phi) is 61.0. The van der Waals surface area contributed by atoms with E-state index < -0.39 is 24.3 Å². The summed E-state index contributed by atoms with van der Waals surface area (Å²) in [7, 11) is 5.95. The highest BCUT2D eigenvalue weighted by molar-refractivity contribution is 5.70. The number of hydrogen-bond donors (Lipinski definition) is 0. The first kappa shape index (κ1) is 77.3. The zero-order chi connectivity index (χ0) is 57.6. The first-order chi connectivity index (χ1) is 38.6. The predicted octanol–water partition coefficient (Wildman–Crippen LogP) is 20.1. The van der Waals surface area contributed by atoms with Gasteiger partial charge in [-0.05, 0) is 12.8 Å². The average molecular weight is 1120 g/mol. The van der Waals surface area contributed by atoms with Gasteiger partial charge in [-0.25, -0.2) is 0 Å². The van der Waals surface area contributed by atoms with Crippen LogP contribution in [0.1, 0.15) is 373 Å². The van der Waals surface area contributed by atoms with Gasteiger partial charge < -0.3 is 33.3 Å². The van der Waals surface area contributed by atoms with Crippen molar-refractivity contribution in [2.75, 3.05) is 47.5 Å². The minimum atomic E-state index is -1.62. The van der Waals surface area contributed by atoms with Crippen molar-refractivity contribution in [3.05, 3.63) is 0 Å². The quantitative estimate of drug-likeness (QED) is 0.0256. The summed E-state index contributed by atoms with van der Waals surface area (Å²) in [5.74, 6) is -2.24. The number of carboxylic acids is 1. The minimum absolute atomic E-state index is 0.154. The normalized spacial score (nSPS) is 12.6. The molecule has 0 aromatic carbocycles. The molecule has 0 spiro atoms. The summed E-state index contributed by atoms with van der Waals surface area (Å²) in [4.78, 5) is 37.4. The number of hydrogen-bond acceptors (Lipinski definition) is 8. The standard InChI is InChI=1S/C70H137NO8/c1-6-8-10-12-14-16-18-20-22-24-26-28-29-30-31-32-33-34-35-36-37-38-39-41-43-45-47-49-51-53-55-57-59-61-68(73)79-66(65-78-70(69(74)75)76-63-62-71(3,4)5)64-77-67(72)60-58-56-54-52-50-48-46-44-42-40-27-25-23-21-19-17-15-13-11-9-7-2/h66,70H,6-65H2,1-5H3. The lowest BCUT2D eigenvalue weighted by atomic mass is 10.0. The van der Waals surface area contributed by atoms with Gasteiger partial charge in [0.1, 0.15) is 13.2 Å². The van der Waals surface area contributed by atoms with Crippen molar-refractivity contribution in [1.29, 1.82) is 0 Å². The number of rotatable bonds is 67. The molecule has 0 aromatic rings. The molecule has 0 saturated heterocycles. The summed E-state index contributed by atoms with van der Waals surface area (Å²) >= 11 is 0. The molecule has 2 atom stereocenters. The van der Waals surface area contributed by atoms with E-state index in [9.17, 15) is 19.5 Å². The number of nitrogens with zero attached hydrogens (tertiary/aromatic N) is 1. The second kappa shape index (κ2) is 62.3. The molecule has 9 nitrogen and oxygen atoms in total. The largest absolute Gasteiger partial charge is 0.545 e. The lowest BCUT2D eigenvalue weighted by Crippen LogP contribution is -2.44. The lowest BCUT2D eigenvalue weighted by Gasteiger charge is -2.26. The molecule has 470 valence electrons. The SMILES string of the molecule is CCCCCCCCCCCCCCCCCCCCCCCCCCCCCCCCCCCC(=O)OC(COC(=O)CCCCCCCCCCCCCCCCCCCCCCC)COC(OCC[N+](C)(C)C)C(=O)[O-]. The summed E-state index contributed by atoms with van der Waals surface area (Å²) < 4.78 is 22.8. The fourth-order valence-corrected chi connectivity index (χ4v) is 11.0. The van der Waals surface area contributed by atoms with Gasteiger partial charge in [0.2, 0.25) is 0 Å². The third-order valence-electron chi connectivity index (χ3n) is 16.4. The summed E-state index contributed by atoms with van der Waals surface area (Å²) in [5, 5.41) is 11.8. The lowest BCUT2D eigenvalue weighted by molar-refractivity contribution is -0.870. The molecule has 0 bridgehead atoms. The third kappa shape index (κ3) is 63.7. The molecule has 0 aliphatic heterocycles. The van der Waals surface area contributed by atoms with Gasteiger partial charge >= 0.3 is 11.9 Å². The highest BCUT2D eigenvalue weighted by Crippen LogP contribution is 2.20. The van der Waals surface area contributed by atoms with Gasteiger partial charge in [-0.1, -0.05) is 348 Å². The summed E-state index contributed by atoms with van der Waals surface area (Å²) in [6.07, 6.45) is 70.5. The number of carbonyl (C=O) groups excluding carboxylic acids is 3. The van der Waals surface area contributed by atoms with Crippen LogP contribution in [-0.2, 0) is 33.3 Å². The number of ether oxygens (including phenoxy) is 4.